The van der Waals surface area contributed by atoms with Gasteiger partial charge in [0.05, 0.1) is 19.8 Å². The van der Waals surface area contributed by atoms with Crippen LogP contribution in [0.25, 0.3) is 0 Å². The van der Waals surface area contributed by atoms with Gasteiger partial charge in [-0.1, -0.05) is 0 Å². The standard InChI is InChI=1S/C17H23N5O2/c1-11-9-15(21-17(18)19-11)22-7-4-8-24-10-14(22)13-5-6-16(23-3)20-12(13)2/h5-6,9,14H,4,7-8,10H2,1-3H3,(H2,18,19,21). The van der Waals surface area contributed by atoms with Gasteiger partial charge in [-0.15, -0.1) is 0 Å². The number of hydrogen-bond acceptors (Lipinski definition) is 7. The first-order valence-electron chi connectivity index (χ1n) is 8.05. The van der Waals surface area contributed by atoms with Crippen molar-refractivity contribution in [3.8, 4) is 5.88 Å². The fourth-order valence-electron chi connectivity index (χ4n) is 3.05. The molecule has 0 radical (unpaired) electrons. The van der Waals surface area contributed by atoms with Gasteiger partial charge in [-0.3, -0.25) is 0 Å². The van der Waals surface area contributed by atoms with Crippen molar-refractivity contribution in [3.05, 3.63) is 35.2 Å². The molecule has 7 heteroatoms. The van der Waals surface area contributed by atoms with E-state index < -0.39 is 0 Å². The molecule has 1 unspecified atom stereocenters. The molecule has 1 atom stereocenters. The zero-order valence-corrected chi connectivity index (χ0v) is 14.3. The smallest absolute Gasteiger partial charge is 0.222 e. The maximum Gasteiger partial charge on any atom is 0.222 e. The molecule has 0 aliphatic carbocycles. The molecule has 0 amide bonds. The summed E-state index contributed by atoms with van der Waals surface area (Å²) in [6.07, 6.45) is 0.933. The third kappa shape index (κ3) is 3.41. The van der Waals surface area contributed by atoms with E-state index in [0.29, 0.717) is 18.4 Å². The van der Waals surface area contributed by atoms with Crippen LogP contribution in [-0.4, -0.2) is 41.8 Å². The average Bonchev–Trinajstić information content (AvgIpc) is 2.79. The Morgan fingerprint density at radius 2 is 2.08 bits per heavy atom. The second-order valence-electron chi connectivity index (χ2n) is 5.89. The van der Waals surface area contributed by atoms with E-state index in [1.165, 1.54) is 0 Å². The van der Waals surface area contributed by atoms with E-state index in [9.17, 15) is 0 Å². The zero-order chi connectivity index (χ0) is 17.1. The van der Waals surface area contributed by atoms with E-state index in [1.807, 2.05) is 32.0 Å². The van der Waals surface area contributed by atoms with Crippen LogP contribution in [0.2, 0.25) is 0 Å². The third-order valence-corrected chi connectivity index (χ3v) is 4.16. The first-order chi connectivity index (χ1) is 11.6. The van der Waals surface area contributed by atoms with Crippen LogP contribution in [0, 0.1) is 13.8 Å². The van der Waals surface area contributed by atoms with Crippen LogP contribution < -0.4 is 15.4 Å². The van der Waals surface area contributed by atoms with E-state index >= 15 is 0 Å². The van der Waals surface area contributed by atoms with Gasteiger partial charge < -0.3 is 20.1 Å². The summed E-state index contributed by atoms with van der Waals surface area (Å²) in [6.45, 7) is 6.06. The van der Waals surface area contributed by atoms with Gasteiger partial charge in [0.1, 0.15) is 5.82 Å². The molecule has 128 valence electrons. The monoisotopic (exact) mass is 329 g/mol. The van der Waals surface area contributed by atoms with Gasteiger partial charge in [-0.25, -0.2) is 9.97 Å². The lowest BCUT2D eigenvalue weighted by atomic mass is 10.0. The van der Waals surface area contributed by atoms with Crippen molar-refractivity contribution in [2.75, 3.05) is 37.5 Å². The summed E-state index contributed by atoms with van der Waals surface area (Å²) < 4.78 is 11.0. The number of rotatable bonds is 3. The summed E-state index contributed by atoms with van der Waals surface area (Å²) in [5, 5.41) is 0. The summed E-state index contributed by atoms with van der Waals surface area (Å²) in [4.78, 5) is 15.3. The normalized spacial score (nSPS) is 18.3. The van der Waals surface area contributed by atoms with Crippen LogP contribution in [0.1, 0.15) is 29.4 Å². The lowest BCUT2D eigenvalue weighted by Crippen LogP contribution is -2.32. The number of anilines is 2. The summed E-state index contributed by atoms with van der Waals surface area (Å²) >= 11 is 0. The minimum Gasteiger partial charge on any atom is -0.481 e. The molecular formula is C17H23N5O2. The molecule has 1 fully saturated rings. The van der Waals surface area contributed by atoms with Crippen molar-refractivity contribution in [2.24, 2.45) is 0 Å². The van der Waals surface area contributed by atoms with E-state index in [1.54, 1.807) is 7.11 Å². The number of ether oxygens (including phenoxy) is 2. The van der Waals surface area contributed by atoms with Crippen molar-refractivity contribution >= 4 is 11.8 Å². The van der Waals surface area contributed by atoms with Gasteiger partial charge in [-0.05, 0) is 31.9 Å². The molecule has 1 saturated heterocycles. The summed E-state index contributed by atoms with van der Waals surface area (Å²) in [5.74, 6) is 1.73. The first-order valence-corrected chi connectivity index (χ1v) is 8.05. The number of nitrogens with zero attached hydrogens (tertiary/aromatic N) is 4. The molecule has 1 aliphatic rings. The SMILES string of the molecule is COc1ccc(C2COCCCN2c2cc(C)nc(N)n2)c(C)n1. The van der Waals surface area contributed by atoms with Gasteiger partial charge in [0.25, 0.3) is 0 Å². The highest BCUT2D eigenvalue weighted by atomic mass is 16.5. The Balaban J connectivity index is 2.01. The van der Waals surface area contributed by atoms with E-state index in [-0.39, 0.29) is 6.04 Å². The van der Waals surface area contributed by atoms with E-state index in [4.69, 9.17) is 15.2 Å². The predicted octanol–water partition coefficient (Wildman–Crippen LogP) is 2.05. The molecule has 3 heterocycles. The van der Waals surface area contributed by atoms with Crippen LogP contribution in [-0.2, 0) is 4.74 Å². The van der Waals surface area contributed by atoms with Crippen LogP contribution in [0.15, 0.2) is 18.2 Å². The number of hydrogen-bond donors (Lipinski definition) is 1. The highest BCUT2D eigenvalue weighted by molar-refractivity contribution is 5.47. The molecule has 7 nitrogen and oxygen atoms in total. The molecular weight excluding hydrogens is 306 g/mol. The highest BCUT2D eigenvalue weighted by Crippen LogP contribution is 2.31. The first kappa shape index (κ1) is 16.4. The van der Waals surface area contributed by atoms with Crippen LogP contribution in [0.3, 0.4) is 0 Å². The second kappa shape index (κ2) is 7.00. The number of pyridine rings is 1. The Bertz CT molecular complexity index is 702. The van der Waals surface area contributed by atoms with Crippen molar-refractivity contribution in [2.45, 2.75) is 26.3 Å². The van der Waals surface area contributed by atoms with Crippen molar-refractivity contribution in [1.82, 2.24) is 15.0 Å². The minimum atomic E-state index is 0.0274. The van der Waals surface area contributed by atoms with E-state index in [0.717, 1.165) is 42.3 Å². The highest BCUT2D eigenvalue weighted by Gasteiger charge is 2.27. The van der Waals surface area contributed by atoms with Gasteiger partial charge in [0.2, 0.25) is 11.8 Å². The fraction of sp³-hybridized carbons (Fsp3) is 0.471. The minimum absolute atomic E-state index is 0.0274. The summed E-state index contributed by atoms with van der Waals surface area (Å²) in [5.41, 5.74) is 8.73. The lowest BCUT2D eigenvalue weighted by molar-refractivity contribution is 0.134. The maximum absolute atomic E-state index is 5.85. The predicted molar refractivity (Wildman–Crippen MR) is 92.2 cm³/mol. The van der Waals surface area contributed by atoms with Gasteiger partial charge in [0, 0.05) is 36.7 Å². The molecule has 0 bridgehead atoms. The van der Waals surface area contributed by atoms with Gasteiger partial charge in [0.15, 0.2) is 0 Å². The molecule has 24 heavy (non-hydrogen) atoms. The molecule has 2 aromatic heterocycles. The summed E-state index contributed by atoms with van der Waals surface area (Å²) in [7, 11) is 1.62. The lowest BCUT2D eigenvalue weighted by Gasteiger charge is -2.31. The number of nitrogen functional groups attached to an aromatic ring is 1. The van der Waals surface area contributed by atoms with Crippen molar-refractivity contribution < 1.29 is 9.47 Å². The number of aromatic nitrogens is 3. The van der Waals surface area contributed by atoms with Crippen molar-refractivity contribution in [3.63, 3.8) is 0 Å². The van der Waals surface area contributed by atoms with Crippen LogP contribution in [0.5, 0.6) is 5.88 Å². The van der Waals surface area contributed by atoms with Gasteiger partial charge >= 0.3 is 0 Å². The van der Waals surface area contributed by atoms with Crippen molar-refractivity contribution in [1.29, 1.82) is 0 Å². The second-order valence-corrected chi connectivity index (χ2v) is 5.89. The summed E-state index contributed by atoms with van der Waals surface area (Å²) in [6, 6.07) is 5.91. The van der Waals surface area contributed by atoms with E-state index in [2.05, 4.69) is 19.9 Å². The Labute approximate surface area is 141 Å². The molecule has 2 N–H and O–H groups in total. The molecule has 2 aromatic rings. The largest absolute Gasteiger partial charge is 0.481 e. The van der Waals surface area contributed by atoms with Gasteiger partial charge in [-0.2, -0.15) is 4.98 Å². The zero-order valence-electron chi connectivity index (χ0n) is 14.3. The topological polar surface area (TPSA) is 86.4 Å². The maximum atomic E-state index is 5.85. The fourth-order valence-corrected chi connectivity index (χ4v) is 3.05. The number of nitrogens with two attached hydrogens (primary N) is 1. The molecule has 0 spiro atoms. The van der Waals surface area contributed by atoms with Crippen LogP contribution in [0.4, 0.5) is 11.8 Å². The Morgan fingerprint density at radius 1 is 1.25 bits per heavy atom. The molecule has 1 aliphatic heterocycles. The number of methoxy groups -OCH3 is 1. The third-order valence-electron chi connectivity index (χ3n) is 4.16. The Hall–Kier alpha value is -2.41. The quantitative estimate of drug-likeness (QED) is 0.922. The Kier molecular flexibility index (Phi) is 4.80. The molecule has 0 saturated carbocycles. The Morgan fingerprint density at radius 3 is 2.79 bits per heavy atom. The molecule has 0 aromatic carbocycles. The molecule has 3 rings (SSSR count). The average molecular weight is 329 g/mol. The number of aryl methyl sites for hydroxylation is 2. The van der Waals surface area contributed by atoms with Crippen LogP contribution >= 0.6 is 0 Å².